The molecule has 2 aliphatic heterocycles. The van der Waals surface area contributed by atoms with Gasteiger partial charge in [0, 0.05) is 48.4 Å². The summed E-state index contributed by atoms with van der Waals surface area (Å²) in [5.74, 6) is 1.83. The van der Waals surface area contributed by atoms with Crippen molar-refractivity contribution in [2.24, 2.45) is 11.8 Å². The van der Waals surface area contributed by atoms with Gasteiger partial charge in [-0.3, -0.25) is 9.97 Å². The zero-order chi connectivity index (χ0) is 32.3. The van der Waals surface area contributed by atoms with Crippen molar-refractivity contribution in [3.63, 3.8) is 0 Å². The van der Waals surface area contributed by atoms with E-state index in [2.05, 4.69) is 50.4 Å². The van der Waals surface area contributed by atoms with Crippen LogP contribution in [0.2, 0.25) is 0 Å². The molecule has 8 rings (SSSR count). The fourth-order valence-electron chi connectivity index (χ4n) is 7.34. The second kappa shape index (κ2) is 12.0. The second-order valence-corrected chi connectivity index (χ2v) is 16.2. The number of ether oxygens (including phenoxy) is 1. The zero-order valence-electron chi connectivity index (χ0n) is 26.7. The highest BCUT2D eigenvalue weighted by atomic mass is 32.2. The number of sulfone groups is 1. The molecule has 5 aromatic heterocycles. The van der Waals surface area contributed by atoms with Crippen molar-refractivity contribution in [2.45, 2.75) is 76.2 Å². The van der Waals surface area contributed by atoms with E-state index >= 15 is 0 Å². The molecule has 0 saturated carbocycles. The molecule has 0 radical (unpaired) electrons. The number of nitrogens with zero attached hydrogens (tertiary/aromatic N) is 6. The number of hydrogen-bond acceptors (Lipinski definition) is 12. The Labute approximate surface area is 277 Å². The number of aromatic nitrogens is 6. The minimum Gasteiger partial charge on any atom is -0.421 e. The lowest BCUT2D eigenvalue weighted by molar-refractivity contribution is 0.0639. The fraction of sp³-hybridized carbons (Fsp3) is 0.471. The van der Waals surface area contributed by atoms with Crippen LogP contribution in [0, 0.1) is 18.8 Å². The van der Waals surface area contributed by atoms with Crippen LogP contribution in [0.25, 0.3) is 32.1 Å². The number of pyridine rings is 2. The molecule has 2 atom stereocenters. The van der Waals surface area contributed by atoms with Crippen molar-refractivity contribution in [1.82, 2.24) is 30.1 Å². The van der Waals surface area contributed by atoms with Gasteiger partial charge < -0.3 is 14.5 Å². The van der Waals surface area contributed by atoms with Crippen molar-refractivity contribution in [2.75, 3.05) is 24.3 Å². The largest absolute Gasteiger partial charge is 0.421 e. The first-order chi connectivity index (χ1) is 22.8. The molecule has 11 nitrogen and oxygen atoms in total. The van der Waals surface area contributed by atoms with Gasteiger partial charge in [-0.15, -0.1) is 21.5 Å². The third-order valence-corrected chi connectivity index (χ3v) is 12.8. The number of rotatable bonds is 8. The molecular formula is C34H37N7O4S2. The minimum absolute atomic E-state index is 0.0261. The molecule has 1 unspecified atom stereocenters. The average Bonchev–Trinajstić information content (AvgIpc) is 3.85. The molecular weight excluding hydrogens is 635 g/mol. The minimum atomic E-state index is -3.67. The number of fused-ring (bicyclic) bond motifs is 3. The molecule has 0 spiro atoms. The molecule has 1 saturated heterocycles. The standard InChI is InChI=1S/C34H37N7O4S2/c1-18(2)22-16-47(42,43)32-29(28(34-41-40-19(3)45-34)25(38-30(22)32)7-6-20-10-13-44-14-11-20)27-15-26-31(46-27)33(37-17-36-26)39-24-9-8-23-21(24)5-4-12-35-23/h4-5,12,15,17-18,20,22,24H,6-11,13-14,16H2,1-3H3,(H,36,37,39)/t22?,24-/m0/s1. The Morgan fingerprint density at radius 3 is 2.72 bits per heavy atom. The molecule has 13 heteroatoms. The first-order valence-corrected chi connectivity index (χ1v) is 18.9. The van der Waals surface area contributed by atoms with Gasteiger partial charge in [0.1, 0.15) is 12.1 Å². The van der Waals surface area contributed by atoms with E-state index in [9.17, 15) is 8.42 Å². The van der Waals surface area contributed by atoms with Crippen molar-refractivity contribution in [1.29, 1.82) is 0 Å². The summed E-state index contributed by atoms with van der Waals surface area (Å²) >= 11 is 1.49. The Hall–Kier alpha value is -3.81. The first-order valence-electron chi connectivity index (χ1n) is 16.4. The number of aryl methyl sites for hydroxylation is 3. The van der Waals surface area contributed by atoms with E-state index in [1.54, 1.807) is 13.3 Å². The van der Waals surface area contributed by atoms with Crippen LogP contribution in [0.4, 0.5) is 5.82 Å². The Kier molecular flexibility index (Phi) is 7.80. The Morgan fingerprint density at radius 2 is 1.94 bits per heavy atom. The van der Waals surface area contributed by atoms with Gasteiger partial charge in [-0.05, 0) is 68.1 Å². The van der Waals surface area contributed by atoms with E-state index < -0.39 is 9.84 Å². The molecule has 47 heavy (non-hydrogen) atoms. The highest BCUT2D eigenvalue weighted by Gasteiger charge is 2.43. The molecule has 7 heterocycles. The molecule has 0 aromatic carbocycles. The second-order valence-electron chi connectivity index (χ2n) is 13.2. The summed E-state index contributed by atoms with van der Waals surface area (Å²) in [6.45, 7) is 7.40. The topological polar surface area (TPSA) is 146 Å². The van der Waals surface area contributed by atoms with E-state index in [0.29, 0.717) is 35.1 Å². The lowest BCUT2D eigenvalue weighted by Crippen LogP contribution is -2.17. The maximum Gasteiger partial charge on any atom is 0.250 e. The van der Waals surface area contributed by atoms with Crippen LogP contribution in [0.1, 0.15) is 80.0 Å². The lowest BCUT2D eigenvalue weighted by Gasteiger charge is -2.23. The Morgan fingerprint density at radius 1 is 1.09 bits per heavy atom. The molecule has 0 bridgehead atoms. The molecule has 1 aliphatic carbocycles. The summed E-state index contributed by atoms with van der Waals surface area (Å²) in [7, 11) is -3.67. The summed E-state index contributed by atoms with van der Waals surface area (Å²) in [6, 6.07) is 6.13. The number of nitrogens with one attached hydrogen (secondary N) is 1. The molecule has 0 amide bonds. The predicted octanol–water partition coefficient (Wildman–Crippen LogP) is 6.49. The highest BCUT2D eigenvalue weighted by Crippen LogP contribution is 2.51. The van der Waals surface area contributed by atoms with Crippen molar-refractivity contribution < 1.29 is 17.6 Å². The van der Waals surface area contributed by atoms with E-state index in [0.717, 1.165) is 77.6 Å². The van der Waals surface area contributed by atoms with E-state index in [1.807, 2.05) is 18.3 Å². The van der Waals surface area contributed by atoms with Crippen molar-refractivity contribution in [3.05, 3.63) is 59.3 Å². The Balaban J connectivity index is 1.31. The monoisotopic (exact) mass is 671 g/mol. The molecule has 1 N–H and O–H groups in total. The zero-order valence-corrected chi connectivity index (χ0v) is 28.3. The molecule has 3 aliphatic rings. The van der Waals surface area contributed by atoms with Gasteiger partial charge in [-0.2, -0.15) is 0 Å². The van der Waals surface area contributed by atoms with E-state index in [1.165, 1.54) is 16.9 Å². The third kappa shape index (κ3) is 5.51. The van der Waals surface area contributed by atoms with Gasteiger partial charge in [0.15, 0.2) is 9.84 Å². The van der Waals surface area contributed by atoms with Gasteiger partial charge >= 0.3 is 0 Å². The SMILES string of the molecule is Cc1nnc(-c2c(CCC3CCOCC3)nc3c(c2-c2cc4ncnc(N[C@H]5CCc6ncccc65)c4s2)S(=O)(=O)CC3C(C)C)o1. The lowest BCUT2D eigenvalue weighted by atomic mass is 9.89. The summed E-state index contributed by atoms with van der Waals surface area (Å²) in [6.07, 6.45) is 8.80. The van der Waals surface area contributed by atoms with Crippen LogP contribution in [-0.4, -0.2) is 57.5 Å². The predicted molar refractivity (Wildman–Crippen MR) is 179 cm³/mol. The van der Waals surface area contributed by atoms with Crippen LogP contribution < -0.4 is 5.32 Å². The first kappa shape index (κ1) is 30.5. The molecule has 244 valence electrons. The summed E-state index contributed by atoms with van der Waals surface area (Å²) < 4.78 is 40.8. The summed E-state index contributed by atoms with van der Waals surface area (Å²) in [5.41, 5.74) is 5.67. The molecule has 1 fully saturated rings. The smallest absolute Gasteiger partial charge is 0.250 e. The van der Waals surface area contributed by atoms with Crippen LogP contribution in [0.3, 0.4) is 0 Å². The number of thiophene rings is 1. The van der Waals surface area contributed by atoms with Crippen LogP contribution >= 0.6 is 11.3 Å². The summed E-state index contributed by atoms with van der Waals surface area (Å²) in [4.78, 5) is 20.1. The van der Waals surface area contributed by atoms with Crippen molar-refractivity contribution in [3.8, 4) is 21.9 Å². The fourth-order valence-corrected chi connectivity index (χ4v) is 10.7. The van der Waals surface area contributed by atoms with Gasteiger partial charge in [0.25, 0.3) is 0 Å². The van der Waals surface area contributed by atoms with Gasteiger partial charge in [0.2, 0.25) is 11.8 Å². The maximum absolute atomic E-state index is 14.1. The van der Waals surface area contributed by atoms with Crippen LogP contribution in [-0.2, 0) is 27.4 Å². The number of hydrogen-bond donors (Lipinski definition) is 1. The van der Waals surface area contributed by atoms with E-state index in [4.69, 9.17) is 14.1 Å². The quantitative estimate of drug-likeness (QED) is 0.193. The maximum atomic E-state index is 14.1. The van der Waals surface area contributed by atoms with Gasteiger partial charge in [-0.25, -0.2) is 18.4 Å². The van der Waals surface area contributed by atoms with Gasteiger partial charge in [-0.1, -0.05) is 19.9 Å². The van der Waals surface area contributed by atoms with E-state index in [-0.39, 0.29) is 34.4 Å². The summed E-state index contributed by atoms with van der Waals surface area (Å²) in [5, 5.41) is 12.2. The highest BCUT2D eigenvalue weighted by molar-refractivity contribution is 7.92. The number of anilines is 1. The van der Waals surface area contributed by atoms with Crippen LogP contribution in [0.5, 0.6) is 0 Å². The molecule has 5 aromatic rings. The normalized spacial score (nSPS) is 20.6. The van der Waals surface area contributed by atoms with Gasteiger partial charge in [0.05, 0.1) is 43.9 Å². The third-order valence-electron chi connectivity index (χ3n) is 9.83. The van der Waals surface area contributed by atoms with Crippen LogP contribution in [0.15, 0.2) is 40.0 Å². The van der Waals surface area contributed by atoms with Crippen molar-refractivity contribution >= 4 is 37.2 Å². The average molecular weight is 672 g/mol. The Bertz CT molecular complexity index is 2090.